The zero-order chi connectivity index (χ0) is 17.2. The third-order valence-corrected chi connectivity index (χ3v) is 4.96. The van der Waals surface area contributed by atoms with E-state index < -0.39 is 21.8 Å². The Morgan fingerprint density at radius 3 is 2.48 bits per heavy atom. The van der Waals surface area contributed by atoms with E-state index in [1.807, 2.05) is 0 Å². The number of rotatable bonds is 4. The normalized spacial score (nSPS) is 10.8. The summed E-state index contributed by atoms with van der Waals surface area (Å²) in [5.74, 6) is -2.25. The van der Waals surface area contributed by atoms with Crippen molar-refractivity contribution in [1.82, 2.24) is 0 Å². The molecule has 2 rings (SSSR count). The first-order valence-electron chi connectivity index (χ1n) is 6.30. The van der Waals surface area contributed by atoms with Gasteiger partial charge in [0.1, 0.15) is 11.9 Å². The van der Waals surface area contributed by atoms with Crippen molar-refractivity contribution in [3.05, 3.63) is 59.4 Å². The maximum atomic E-state index is 13.7. The third-order valence-electron chi connectivity index (χ3n) is 3.19. The van der Waals surface area contributed by atoms with E-state index >= 15 is 0 Å². The molecule has 0 bridgehead atoms. The Morgan fingerprint density at radius 1 is 1.26 bits per heavy atom. The highest BCUT2D eigenvalue weighted by atomic mass is 32.2. The Kier molecular flexibility index (Phi) is 4.33. The van der Waals surface area contributed by atoms with E-state index in [0.717, 1.165) is 22.5 Å². The van der Waals surface area contributed by atoms with E-state index in [4.69, 9.17) is 10.4 Å². The molecule has 2 aromatic carbocycles. The highest BCUT2D eigenvalue weighted by molar-refractivity contribution is 7.92. The molecule has 0 unspecified atom stereocenters. The molecule has 0 aliphatic carbocycles. The molecule has 0 aromatic heterocycles. The molecule has 0 saturated heterocycles. The number of nitrogens with zero attached hydrogens (tertiary/aromatic N) is 2. The molecule has 6 nitrogen and oxygen atoms in total. The van der Waals surface area contributed by atoms with Gasteiger partial charge >= 0.3 is 5.97 Å². The molecule has 0 spiro atoms. The maximum Gasteiger partial charge on any atom is 0.337 e. The Hall–Kier alpha value is -2.92. The topological polar surface area (TPSA) is 98.5 Å². The molecule has 0 amide bonds. The fraction of sp³-hybridized carbons (Fsp3) is 0.0667. The van der Waals surface area contributed by atoms with Crippen LogP contribution >= 0.6 is 0 Å². The number of halogens is 1. The lowest BCUT2D eigenvalue weighted by Crippen LogP contribution is -2.28. The van der Waals surface area contributed by atoms with Crippen LogP contribution in [0.5, 0.6) is 0 Å². The van der Waals surface area contributed by atoms with Crippen molar-refractivity contribution in [2.24, 2.45) is 0 Å². The fourth-order valence-electron chi connectivity index (χ4n) is 1.96. The Bertz CT molecular complexity index is 919. The second-order valence-corrected chi connectivity index (χ2v) is 6.52. The van der Waals surface area contributed by atoms with Gasteiger partial charge in [0, 0.05) is 7.05 Å². The number of carboxylic acid groups (broad SMARTS) is 1. The van der Waals surface area contributed by atoms with Crippen molar-refractivity contribution >= 4 is 21.7 Å². The van der Waals surface area contributed by atoms with E-state index in [1.54, 1.807) is 6.07 Å². The number of sulfonamides is 1. The molecular formula is C15H11FN2O4S. The van der Waals surface area contributed by atoms with Crippen molar-refractivity contribution in [3.8, 4) is 6.07 Å². The first-order valence-corrected chi connectivity index (χ1v) is 7.74. The first kappa shape index (κ1) is 16.5. The van der Waals surface area contributed by atoms with Gasteiger partial charge in [0.05, 0.1) is 21.7 Å². The monoisotopic (exact) mass is 334 g/mol. The summed E-state index contributed by atoms with van der Waals surface area (Å²) in [6.07, 6.45) is 0. The minimum atomic E-state index is -4.17. The van der Waals surface area contributed by atoms with Gasteiger partial charge < -0.3 is 5.11 Å². The number of para-hydroxylation sites is 1. The quantitative estimate of drug-likeness (QED) is 0.924. The number of nitriles is 1. The second kappa shape index (κ2) is 6.06. The molecule has 23 heavy (non-hydrogen) atoms. The van der Waals surface area contributed by atoms with Gasteiger partial charge in [-0.1, -0.05) is 12.1 Å². The Morgan fingerprint density at radius 2 is 1.91 bits per heavy atom. The molecule has 0 heterocycles. The summed E-state index contributed by atoms with van der Waals surface area (Å²) in [5.41, 5.74) is -0.532. The first-order chi connectivity index (χ1) is 10.8. The molecule has 0 aliphatic heterocycles. The smallest absolute Gasteiger partial charge is 0.337 e. The van der Waals surface area contributed by atoms with Crippen LogP contribution in [0.25, 0.3) is 0 Å². The molecule has 118 valence electrons. The molecule has 1 N–H and O–H groups in total. The van der Waals surface area contributed by atoms with Gasteiger partial charge in [0.25, 0.3) is 10.0 Å². The Balaban J connectivity index is 2.54. The number of hydrogen-bond acceptors (Lipinski definition) is 4. The van der Waals surface area contributed by atoms with Crippen LogP contribution in [0.1, 0.15) is 15.9 Å². The Labute approximate surface area is 132 Å². The van der Waals surface area contributed by atoms with Crippen molar-refractivity contribution in [2.45, 2.75) is 4.90 Å². The average Bonchev–Trinajstić information content (AvgIpc) is 2.53. The summed E-state index contributed by atoms with van der Waals surface area (Å²) in [5, 5.41) is 17.8. The van der Waals surface area contributed by atoms with Crippen LogP contribution in [0.2, 0.25) is 0 Å². The SMILES string of the molecule is CN(c1ccccc1C(=O)O)S(=O)(=O)c1ccc(C#N)c(F)c1. The van der Waals surface area contributed by atoms with Crippen LogP contribution < -0.4 is 4.31 Å². The molecule has 0 radical (unpaired) electrons. The highest BCUT2D eigenvalue weighted by Crippen LogP contribution is 2.26. The van der Waals surface area contributed by atoms with Crippen LogP contribution in [0.4, 0.5) is 10.1 Å². The molecule has 2 aromatic rings. The summed E-state index contributed by atoms with van der Waals surface area (Å²) in [6.45, 7) is 0. The van der Waals surface area contributed by atoms with Gasteiger partial charge in [-0.05, 0) is 30.3 Å². The van der Waals surface area contributed by atoms with Crippen molar-refractivity contribution < 1.29 is 22.7 Å². The molecule has 0 fully saturated rings. The van der Waals surface area contributed by atoms with E-state index in [1.165, 1.54) is 31.3 Å². The minimum absolute atomic E-state index is 0.0511. The van der Waals surface area contributed by atoms with Gasteiger partial charge in [0.2, 0.25) is 0 Å². The second-order valence-electron chi connectivity index (χ2n) is 4.55. The lowest BCUT2D eigenvalue weighted by atomic mass is 10.2. The van der Waals surface area contributed by atoms with Crippen molar-refractivity contribution in [3.63, 3.8) is 0 Å². The summed E-state index contributed by atoms with van der Waals surface area (Å²) in [6, 6.07) is 10.0. The van der Waals surface area contributed by atoms with E-state index in [9.17, 15) is 17.6 Å². The number of carboxylic acids is 1. The van der Waals surface area contributed by atoms with E-state index in [2.05, 4.69) is 0 Å². The molecule has 0 atom stereocenters. The van der Waals surface area contributed by atoms with Crippen LogP contribution in [0, 0.1) is 17.1 Å². The standard InChI is InChI=1S/C15H11FN2O4S/c1-18(14-5-3-2-4-12(14)15(19)20)23(21,22)11-7-6-10(9-17)13(16)8-11/h2-8H,1H3,(H,19,20). The lowest BCUT2D eigenvalue weighted by molar-refractivity contribution is 0.0698. The highest BCUT2D eigenvalue weighted by Gasteiger charge is 2.25. The zero-order valence-electron chi connectivity index (χ0n) is 11.9. The van der Waals surface area contributed by atoms with E-state index in [-0.39, 0.29) is 21.7 Å². The summed E-state index contributed by atoms with van der Waals surface area (Å²) < 4.78 is 39.5. The van der Waals surface area contributed by atoms with Gasteiger partial charge in [-0.2, -0.15) is 5.26 Å². The number of anilines is 1. The summed E-state index contributed by atoms with van der Waals surface area (Å²) in [7, 11) is -3.00. The minimum Gasteiger partial charge on any atom is -0.478 e. The molecular weight excluding hydrogens is 323 g/mol. The predicted octanol–water partition coefficient (Wildman–Crippen LogP) is 2.22. The number of hydrogen-bond donors (Lipinski definition) is 1. The van der Waals surface area contributed by atoms with Crippen molar-refractivity contribution in [1.29, 1.82) is 5.26 Å². The molecule has 0 aliphatic rings. The van der Waals surface area contributed by atoms with Crippen LogP contribution in [0.15, 0.2) is 47.4 Å². The van der Waals surface area contributed by atoms with Gasteiger partial charge in [-0.15, -0.1) is 0 Å². The van der Waals surface area contributed by atoms with E-state index in [0.29, 0.717) is 0 Å². The van der Waals surface area contributed by atoms with Gasteiger partial charge in [-0.3, -0.25) is 4.31 Å². The van der Waals surface area contributed by atoms with Crippen LogP contribution in [0.3, 0.4) is 0 Å². The largest absolute Gasteiger partial charge is 0.478 e. The van der Waals surface area contributed by atoms with Gasteiger partial charge in [0.15, 0.2) is 0 Å². The van der Waals surface area contributed by atoms with Crippen LogP contribution in [-0.4, -0.2) is 26.5 Å². The fourth-order valence-corrected chi connectivity index (χ4v) is 3.19. The number of aromatic carboxylic acids is 1. The third kappa shape index (κ3) is 3.00. The number of carbonyl (C=O) groups is 1. The van der Waals surface area contributed by atoms with Gasteiger partial charge in [-0.25, -0.2) is 17.6 Å². The average molecular weight is 334 g/mol. The maximum absolute atomic E-state index is 13.7. The predicted molar refractivity (Wildman–Crippen MR) is 80.1 cm³/mol. The molecule has 0 saturated carbocycles. The zero-order valence-corrected chi connectivity index (χ0v) is 12.7. The lowest BCUT2D eigenvalue weighted by Gasteiger charge is -2.21. The van der Waals surface area contributed by atoms with Crippen LogP contribution in [-0.2, 0) is 10.0 Å². The van der Waals surface area contributed by atoms with Crippen molar-refractivity contribution in [2.75, 3.05) is 11.4 Å². The summed E-state index contributed by atoms with van der Waals surface area (Å²) in [4.78, 5) is 10.8. The number of benzene rings is 2. The summed E-state index contributed by atoms with van der Waals surface area (Å²) >= 11 is 0. The molecule has 8 heteroatoms.